The summed E-state index contributed by atoms with van der Waals surface area (Å²) in [7, 11) is 1.61. The van der Waals surface area contributed by atoms with E-state index in [4.69, 9.17) is 9.47 Å². The van der Waals surface area contributed by atoms with Crippen molar-refractivity contribution < 1.29 is 14.3 Å². The normalized spacial score (nSPS) is 16.8. The van der Waals surface area contributed by atoms with Crippen LogP contribution < -0.4 is 10.1 Å². The first kappa shape index (κ1) is 12.9. The van der Waals surface area contributed by atoms with E-state index in [9.17, 15) is 4.79 Å². The van der Waals surface area contributed by atoms with E-state index in [1.165, 1.54) is 5.39 Å². The van der Waals surface area contributed by atoms with Crippen LogP contribution in [-0.4, -0.2) is 32.3 Å². The third-order valence-electron chi connectivity index (χ3n) is 3.55. The number of carbonyl (C=O) groups is 1. The molecule has 1 aliphatic heterocycles. The molecule has 2 aromatic carbocycles. The quantitative estimate of drug-likeness (QED) is 0.864. The van der Waals surface area contributed by atoms with Crippen LogP contribution >= 0.6 is 0 Å². The molecule has 2 aromatic rings. The van der Waals surface area contributed by atoms with Crippen molar-refractivity contribution in [1.82, 2.24) is 5.32 Å². The number of benzene rings is 2. The molecule has 1 atom stereocenters. The van der Waals surface area contributed by atoms with Crippen LogP contribution in [0, 0.1) is 0 Å². The van der Waals surface area contributed by atoms with Gasteiger partial charge in [0.1, 0.15) is 5.75 Å². The second-order valence-corrected chi connectivity index (χ2v) is 4.86. The minimum atomic E-state index is -0.437. The largest absolute Gasteiger partial charge is 0.480 e. The highest BCUT2D eigenvalue weighted by Crippen LogP contribution is 2.34. The summed E-state index contributed by atoms with van der Waals surface area (Å²) in [4.78, 5) is 12.0. The topological polar surface area (TPSA) is 47.6 Å². The molecule has 1 heterocycles. The fourth-order valence-electron chi connectivity index (χ4n) is 2.55. The molecule has 4 nitrogen and oxygen atoms in total. The second-order valence-electron chi connectivity index (χ2n) is 4.86. The van der Waals surface area contributed by atoms with Crippen LogP contribution in [0.3, 0.4) is 0 Å². The Morgan fingerprint density at radius 1 is 1.35 bits per heavy atom. The fourth-order valence-corrected chi connectivity index (χ4v) is 2.55. The maximum atomic E-state index is 12.0. The third-order valence-corrected chi connectivity index (χ3v) is 3.55. The molecule has 4 heteroatoms. The van der Waals surface area contributed by atoms with Gasteiger partial charge in [-0.2, -0.15) is 0 Å². The van der Waals surface area contributed by atoms with Crippen molar-refractivity contribution in [2.75, 3.05) is 20.3 Å². The minimum Gasteiger partial charge on any atom is -0.480 e. The number of carbonyl (C=O) groups excluding carboxylic acids is 1. The highest BCUT2D eigenvalue weighted by atomic mass is 16.5. The van der Waals surface area contributed by atoms with Crippen molar-refractivity contribution in [3.63, 3.8) is 0 Å². The van der Waals surface area contributed by atoms with E-state index in [-0.39, 0.29) is 5.91 Å². The zero-order valence-corrected chi connectivity index (χ0v) is 11.4. The van der Waals surface area contributed by atoms with Crippen molar-refractivity contribution in [1.29, 1.82) is 0 Å². The van der Waals surface area contributed by atoms with Gasteiger partial charge in [-0.25, -0.2) is 0 Å². The van der Waals surface area contributed by atoms with Crippen LogP contribution in [-0.2, 0) is 16.0 Å². The Morgan fingerprint density at radius 2 is 2.20 bits per heavy atom. The molecular weight excluding hydrogens is 254 g/mol. The van der Waals surface area contributed by atoms with Crippen molar-refractivity contribution in [3.05, 3.63) is 42.0 Å². The Bertz CT molecular complexity index is 639. The SMILES string of the molecule is COCCNC(=O)[C@H]1Cc2c(ccc3ccccc23)O1. The first-order valence-electron chi connectivity index (χ1n) is 6.73. The van der Waals surface area contributed by atoms with Crippen LogP contribution in [0.25, 0.3) is 10.8 Å². The Hall–Kier alpha value is -2.07. The average molecular weight is 271 g/mol. The molecule has 0 unspecified atom stereocenters. The smallest absolute Gasteiger partial charge is 0.261 e. The van der Waals surface area contributed by atoms with Gasteiger partial charge in [0, 0.05) is 25.6 Å². The molecule has 0 aliphatic carbocycles. The van der Waals surface area contributed by atoms with Gasteiger partial charge in [0.2, 0.25) is 0 Å². The number of methoxy groups -OCH3 is 1. The average Bonchev–Trinajstić information content (AvgIpc) is 2.92. The van der Waals surface area contributed by atoms with Gasteiger partial charge in [-0.15, -0.1) is 0 Å². The van der Waals surface area contributed by atoms with Crippen LogP contribution in [0.4, 0.5) is 0 Å². The van der Waals surface area contributed by atoms with Crippen LogP contribution in [0.2, 0.25) is 0 Å². The van der Waals surface area contributed by atoms with Crippen molar-refractivity contribution in [3.8, 4) is 5.75 Å². The number of fused-ring (bicyclic) bond motifs is 3. The van der Waals surface area contributed by atoms with Crippen LogP contribution in [0.1, 0.15) is 5.56 Å². The Kier molecular flexibility index (Phi) is 3.56. The lowest BCUT2D eigenvalue weighted by atomic mass is 10.0. The first-order valence-corrected chi connectivity index (χ1v) is 6.73. The molecule has 104 valence electrons. The van der Waals surface area contributed by atoms with Crippen molar-refractivity contribution in [2.24, 2.45) is 0 Å². The van der Waals surface area contributed by atoms with Gasteiger partial charge in [-0.3, -0.25) is 4.79 Å². The molecule has 0 spiro atoms. The molecular formula is C16H17NO3. The molecule has 0 fully saturated rings. The first-order chi connectivity index (χ1) is 9.79. The minimum absolute atomic E-state index is 0.0812. The summed E-state index contributed by atoms with van der Waals surface area (Å²) >= 11 is 0. The van der Waals surface area contributed by atoms with Gasteiger partial charge < -0.3 is 14.8 Å². The van der Waals surface area contributed by atoms with Gasteiger partial charge >= 0.3 is 0 Å². The molecule has 20 heavy (non-hydrogen) atoms. The summed E-state index contributed by atoms with van der Waals surface area (Å²) < 4.78 is 10.7. The second kappa shape index (κ2) is 5.51. The van der Waals surface area contributed by atoms with E-state index in [1.54, 1.807) is 7.11 Å². The number of hydrogen-bond acceptors (Lipinski definition) is 3. The van der Waals surface area contributed by atoms with E-state index in [1.807, 2.05) is 24.3 Å². The van der Waals surface area contributed by atoms with E-state index in [0.717, 1.165) is 16.7 Å². The Morgan fingerprint density at radius 3 is 3.05 bits per heavy atom. The van der Waals surface area contributed by atoms with Gasteiger partial charge in [0.05, 0.1) is 6.61 Å². The summed E-state index contributed by atoms with van der Waals surface area (Å²) in [6, 6.07) is 12.1. The maximum Gasteiger partial charge on any atom is 0.261 e. The highest BCUT2D eigenvalue weighted by molar-refractivity contribution is 5.90. The van der Waals surface area contributed by atoms with Gasteiger partial charge in [-0.1, -0.05) is 30.3 Å². The number of hydrogen-bond donors (Lipinski definition) is 1. The standard InChI is InChI=1S/C16H17NO3/c1-19-9-8-17-16(18)15-10-13-12-5-3-2-4-11(12)6-7-14(13)20-15/h2-7,15H,8-10H2,1H3,(H,17,18)/t15-/m1/s1. The number of rotatable bonds is 4. The molecule has 0 saturated heterocycles. The molecule has 0 bridgehead atoms. The lowest BCUT2D eigenvalue weighted by molar-refractivity contribution is -0.127. The summed E-state index contributed by atoms with van der Waals surface area (Å²) in [6.07, 6.45) is 0.183. The summed E-state index contributed by atoms with van der Waals surface area (Å²) in [5, 5.41) is 5.16. The molecule has 0 radical (unpaired) electrons. The summed E-state index contributed by atoms with van der Waals surface area (Å²) in [5.41, 5.74) is 1.12. The maximum absolute atomic E-state index is 12.0. The van der Waals surface area contributed by atoms with Gasteiger partial charge in [0.25, 0.3) is 5.91 Å². The zero-order valence-electron chi connectivity index (χ0n) is 11.4. The molecule has 1 amide bonds. The molecule has 1 aliphatic rings. The van der Waals surface area contributed by atoms with Crippen molar-refractivity contribution >= 4 is 16.7 Å². The van der Waals surface area contributed by atoms with Crippen molar-refractivity contribution in [2.45, 2.75) is 12.5 Å². The Balaban J connectivity index is 1.78. The highest BCUT2D eigenvalue weighted by Gasteiger charge is 2.29. The predicted molar refractivity (Wildman–Crippen MR) is 77.0 cm³/mol. The molecule has 3 rings (SSSR count). The van der Waals surface area contributed by atoms with Gasteiger partial charge in [-0.05, 0) is 16.8 Å². The van der Waals surface area contributed by atoms with Crippen LogP contribution in [0.15, 0.2) is 36.4 Å². The van der Waals surface area contributed by atoms with Gasteiger partial charge in [0.15, 0.2) is 6.10 Å². The van der Waals surface area contributed by atoms with Crippen LogP contribution in [0.5, 0.6) is 5.75 Å². The lowest BCUT2D eigenvalue weighted by Crippen LogP contribution is -2.38. The lowest BCUT2D eigenvalue weighted by Gasteiger charge is -2.10. The number of ether oxygens (including phenoxy) is 2. The molecule has 1 N–H and O–H groups in total. The van der Waals surface area contributed by atoms with E-state index < -0.39 is 6.10 Å². The zero-order chi connectivity index (χ0) is 13.9. The van der Waals surface area contributed by atoms with E-state index >= 15 is 0 Å². The molecule has 0 aromatic heterocycles. The monoisotopic (exact) mass is 271 g/mol. The van der Waals surface area contributed by atoms with E-state index in [2.05, 4.69) is 17.4 Å². The fraction of sp³-hybridized carbons (Fsp3) is 0.312. The summed E-state index contributed by atoms with van der Waals surface area (Å²) in [6.45, 7) is 1.01. The summed E-state index contributed by atoms with van der Waals surface area (Å²) in [5.74, 6) is 0.734. The molecule has 0 saturated carbocycles. The Labute approximate surface area is 117 Å². The third kappa shape index (κ3) is 2.34. The number of amides is 1. The predicted octanol–water partition coefficient (Wildman–Crippen LogP) is 1.91. The van der Waals surface area contributed by atoms with E-state index in [0.29, 0.717) is 19.6 Å². The number of nitrogens with one attached hydrogen (secondary N) is 1.